The predicted octanol–water partition coefficient (Wildman–Crippen LogP) is 5.61. The summed E-state index contributed by atoms with van der Waals surface area (Å²) in [7, 11) is -5.60. The standard InChI is InChI=1S/C21H35O9P3/c1-4-7-10-28-20(22,31-24)18-13-17(16-33(26,27)30-12-9-6-3)14-19(15-18)21(23,32-25)29-11-8-5-2/h13-15,22-23H,4-12,16H2,1-3H3,(H,26,27). The van der Waals surface area contributed by atoms with E-state index in [9.17, 15) is 28.8 Å². The molecule has 0 aliphatic carbocycles. The molecule has 9 nitrogen and oxygen atoms in total. The van der Waals surface area contributed by atoms with Gasteiger partial charge in [0.2, 0.25) is 16.9 Å². The van der Waals surface area contributed by atoms with Crippen LogP contribution in [0.25, 0.3) is 0 Å². The molecule has 12 heteroatoms. The van der Waals surface area contributed by atoms with Crippen LogP contribution in [0.5, 0.6) is 0 Å². The second-order valence-electron chi connectivity index (χ2n) is 7.70. The first-order chi connectivity index (χ1) is 15.6. The summed E-state index contributed by atoms with van der Waals surface area (Å²) in [4.78, 5) is 10.3. The number of rotatable bonds is 18. The summed E-state index contributed by atoms with van der Waals surface area (Å²) in [5, 5.41) is 21.8. The van der Waals surface area contributed by atoms with Gasteiger partial charge in [-0.05, 0) is 43.0 Å². The van der Waals surface area contributed by atoms with E-state index in [0.29, 0.717) is 19.3 Å². The largest absolute Gasteiger partial charge is 0.353 e. The van der Waals surface area contributed by atoms with E-state index >= 15 is 0 Å². The van der Waals surface area contributed by atoms with Crippen molar-refractivity contribution in [3.8, 4) is 0 Å². The van der Waals surface area contributed by atoms with Gasteiger partial charge in [-0.1, -0.05) is 40.0 Å². The number of benzene rings is 1. The maximum absolute atomic E-state index is 12.6. The van der Waals surface area contributed by atoms with Crippen molar-refractivity contribution >= 4 is 24.5 Å². The fourth-order valence-electron chi connectivity index (χ4n) is 2.83. The van der Waals surface area contributed by atoms with Gasteiger partial charge in [-0.25, -0.2) is 0 Å². The normalized spacial score (nSPS) is 17.5. The molecule has 33 heavy (non-hydrogen) atoms. The fourth-order valence-corrected chi connectivity index (χ4v) is 4.74. The zero-order valence-electron chi connectivity index (χ0n) is 19.4. The average molecular weight is 524 g/mol. The molecule has 1 aromatic rings. The highest BCUT2D eigenvalue weighted by Gasteiger charge is 2.38. The van der Waals surface area contributed by atoms with E-state index in [-0.39, 0.29) is 36.5 Å². The molecule has 3 atom stereocenters. The first-order valence-corrected chi connectivity index (χ1v) is 14.5. The highest BCUT2D eigenvalue weighted by atomic mass is 31.2. The lowest BCUT2D eigenvalue weighted by Crippen LogP contribution is -2.27. The molecule has 1 rings (SSSR count). The van der Waals surface area contributed by atoms with Crippen molar-refractivity contribution in [1.29, 1.82) is 0 Å². The SMILES string of the molecule is CCCCOC(O)(P=O)c1cc(CP(=O)(O)OCCCC)cc(C(O)(OCCCC)P=O)c1. The van der Waals surface area contributed by atoms with Crippen molar-refractivity contribution in [2.24, 2.45) is 0 Å². The van der Waals surface area contributed by atoms with Gasteiger partial charge in [-0.3, -0.25) is 13.7 Å². The van der Waals surface area contributed by atoms with Crippen LogP contribution in [0.2, 0.25) is 0 Å². The molecule has 0 radical (unpaired) electrons. The monoisotopic (exact) mass is 524 g/mol. The summed E-state index contributed by atoms with van der Waals surface area (Å²) in [5.74, 6) is 0. The second kappa shape index (κ2) is 14.7. The lowest BCUT2D eigenvalue weighted by Gasteiger charge is -2.27. The van der Waals surface area contributed by atoms with Crippen LogP contribution in [-0.2, 0) is 44.9 Å². The van der Waals surface area contributed by atoms with Gasteiger partial charge in [0, 0.05) is 11.1 Å². The van der Waals surface area contributed by atoms with E-state index in [1.807, 2.05) is 20.8 Å². The van der Waals surface area contributed by atoms with Crippen LogP contribution in [0.4, 0.5) is 0 Å². The summed E-state index contributed by atoms with van der Waals surface area (Å²) < 4.78 is 52.3. The van der Waals surface area contributed by atoms with Gasteiger partial charge in [0.1, 0.15) is 0 Å². The Kier molecular flexibility index (Phi) is 13.6. The zero-order valence-corrected chi connectivity index (χ0v) is 22.1. The van der Waals surface area contributed by atoms with Gasteiger partial charge < -0.3 is 29.1 Å². The van der Waals surface area contributed by atoms with Crippen molar-refractivity contribution < 1.29 is 42.8 Å². The molecular formula is C21H35O9P3. The molecule has 0 saturated carbocycles. The van der Waals surface area contributed by atoms with Crippen molar-refractivity contribution in [1.82, 2.24) is 0 Å². The van der Waals surface area contributed by atoms with Crippen molar-refractivity contribution in [3.05, 3.63) is 34.9 Å². The van der Waals surface area contributed by atoms with Crippen molar-refractivity contribution in [3.63, 3.8) is 0 Å². The minimum Gasteiger partial charge on any atom is -0.353 e. The number of unbranched alkanes of at least 4 members (excludes halogenated alkanes) is 3. The first kappa shape index (κ1) is 30.4. The van der Waals surface area contributed by atoms with E-state index in [1.165, 1.54) is 18.2 Å². The van der Waals surface area contributed by atoms with Gasteiger partial charge in [-0.2, -0.15) is 0 Å². The smallest absolute Gasteiger partial charge is 0.332 e. The maximum Gasteiger partial charge on any atom is 0.332 e. The third-order valence-electron chi connectivity index (χ3n) is 4.77. The summed E-state index contributed by atoms with van der Waals surface area (Å²) in [6.45, 7) is 6.09. The molecule has 0 aliphatic rings. The Morgan fingerprint density at radius 3 is 1.64 bits per heavy atom. The fraction of sp³-hybridized carbons (Fsp3) is 0.714. The first-order valence-electron chi connectivity index (χ1n) is 11.1. The molecule has 3 N–H and O–H groups in total. The van der Waals surface area contributed by atoms with Crippen LogP contribution in [-0.4, -0.2) is 34.9 Å². The van der Waals surface area contributed by atoms with Crippen molar-refractivity contribution in [2.75, 3.05) is 19.8 Å². The lowest BCUT2D eigenvalue weighted by atomic mass is 10.0. The van der Waals surface area contributed by atoms with Crippen LogP contribution >= 0.6 is 24.5 Å². The minimum absolute atomic E-state index is 0.0440. The Hall–Kier alpha value is -0.590. The predicted molar refractivity (Wildman–Crippen MR) is 126 cm³/mol. The summed E-state index contributed by atoms with van der Waals surface area (Å²) in [6, 6.07) is 3.96. The third-order valence-corrected chi connectivity index (χ3v) is 7.39. The van der Waals surface area contributed by atoms with Crippen LogP contribution in [0.3, 0.4) is 0 Å². The molecule has 0 aromatic heterocycles. The zero-order chi connectivity index (χ0) is 25.0. The van der Waals surface area contributed by atoms with Gasteiger partial charge >= 0.3 is 7.60 Å². The second-order valence-corrected chi connectivity index (χ2v) is 11.1. The quantitative estimate of drug-likeness (QED) is 0.127. The van der Waals surface area contributed by atoms with Crippen LogP contribution in [0.1, 0.15) is 76.0 Å². The molecule has 188 valence electrons. The number of aliphatic hydroxyl groups is 2. The van der Waals surface area contributed by atoms with E-state index < -0.39 is 41.7 Å². The summed E-state index contributed by atoms with van der Waals surface area (Å²) in [5.41, 5.74) is -4.44. The Bertz CT molecular complexity index is 761. The molecular weight excluding hydrogens is 489 g/mol. The lowest BCUT2D eigenvalue weighted by molar-refractivity contribution is -0.146. The summed E-state index contributed by atoms with van der Waals surface area (Å²) in [6.07, 6.45) is 3.71. The minimum atomic E-state index is -4.06. The number of hydrogen-bond acceptors (Lipinski definition) is 8. The Morgan fingerprint density at radius 1 is 0.818 bits per heavy atom. The molecule has 0 fully saturated rings. The molecule has 1 aromatic carbocycles. The maximum atomic E-state index is 12.6. The molecule has 0 spiro atoms. The van der Waals surface area contributed by atoms with Gasteiger partial charge in [0.25, 0.3) is 11.1 Å². The van der Waals surface area contributed by atoms with E-state index in [2.05, 4.69) is 0 Å². The molecule has 3 unspecified atom stereocenters. The van der Waals surface area contributed by atoms with Gasteiger partial charge in [-0.15, -0.1) is 0 Å². The summed E-state index contributed by atoms with van der Waals surface area (Å²) >= 11 is 0. The average Bonchev–Trinajstić information content (AvgIpc) is 2.78. The molecule has 0 heterocycles. The van der Waals surface area contributed by atoms with E-state index in [1.54, 1.807) is 0 Å². The number of hydrogen-bond donors (Lipinski definition) is 3. The molecule has 0 aliphatic heterocycles. The molecule has 0 amide bonds. The van der Waals surface area contributed by atoms with Crippen LogP contribution < -0.4 is 0 Å². The van der Waals surface area contributed by atoms with Gasteiger partial charge in [0.05, 0.1) is 26.0 Å². The highest BCUT2D eigenvalue weighted by molar-refractivity contribution is 7.51. The third kappa shape index (κ3) is 9.89. The molecule has 0 bridgehead atoms. The van der Waals surface area contributed by atoms with E-state index in [4.69, 9.17) is 14.0 Å². The highest BCUT2D eigenvalue weighted by Crippen LogP contribution is 2.48. The number of ether oxygens (including phenoxy) is 2. The molecule has 0 saturated heterocycles. The van der Waals surface area contributed by atoms with Crippen LogP contribution in [0, 0.1) is 0 Å². The Balaban J connectivity index is 3.44. The van der Waals surface area contributed by atoms with Crippen LogP contribution in [0.15, 0.2) is 18.2 Å². The Labute approximate surface area is 198 Å². The topological polar surface area (TPSA) is 140 Å². The van der Waals surface area contributed by atoms with E-state index in [0.717, 1.165) is 19.3 Å². The van der Waals surface area contributed by atoms with Gasteiger partial charge in [0.15, 0.2) is 0 Å². The Morgan fingerprint density at radius 2 is 1.24 bits per heavy atom. The van der Waals surface area contributed by atoms with Crippen molar-refractivity contribution in [2.45, 2.75) is 76.5 Å².